The summed E-state index contributed by atoms with van der Waals surface area (Å²) in [5.74, 6) is 0.457. The molecule has 0 unspecified atom stereocenters. The lowest BCUT2D eigenvalue weighted by Gasteiger charge is -2.29. The smallest absolute Gasteiger partial charge is 0.199 e. The molecule has 2 heterocycles. The van der Waals surface area contributed by atoms with Crippen molar-refractivity contribution in [2.45, 2.75) is 4.90 Å². The largest absolute Gasteiger partial charge is 0.353 e. The summed E-state index contributed by atoms with van der Waals surface area (Å²) in [6, 6.07) is 0. The van der Waals surface area contributed by atoms with E-state index in [4.69, 9.17) is 0 Å². The van der Waals surface area contributed by atoms with Crippen LogP contribution < -0.4 is 10.2 Å². The normalized spacial score (nSPS) is 17.4. The maximum atomic E-state index is 11.6. The second-order valence-corrected chi connectivity index (χ2v) is 5.65. The molecule has 1 aliphatic heterocycles. The Morgan fingerprint density at radius 1 is 1.44 bits per heavy atom. The highest BCUT2D eigenvalue weighted by Crippen LogP contribution is 2.21. The summed E-state index contributed by atoms with van der Waals surface area (Å²) in [6.45, 7) is 3.14. The zero-order chi connectivity index (χ0) is 11.6. The van der Waals surface area contributed by atoms with Crippen molar-refractivity contribution >= 4 is 15.7 Å². The number of rotatable bonds is 2. The van der Waals surface area contributed by atoms with E-state index in [0.29, 0.717) is 5.82 Å². The minimum Gasteiger partial charge on any atom is -0.353 e. The van der Waals surface area contributed by atoms with Gasteiger partial charge in [0.2, 0.25) is 0 Å². The summed E-state index contributed by atoms with van der Waals surface area (Å²) in [5.41, 5.74) is 0. The average Bonchev–Trinajstić information content (AvgIpc) is 2.29. The van der Waals surface area contributed by atoms with Gasteiger partial charge in [0.15, 0.2) is 22.0 Å². The molecular weight excluding hydrogens is 228 g/mol. The van der Waals surface area contributed by atoms with Crippen molar-refractivity contribution in [3.05, 3.63) is 12.5 Å². The van der Waals surface area contributed by atoms with Gasteiger partial charge in [-0.3, -0.25) is 0 Å². The number of anilines is 1. The quantitative estimate of drug-likeness (QED) is 0.722. The molecule has 1 aliphatic rings. The van der Waals surface area contributed by atoms with Gasteiger partial charge >= 0.3 is 0 Å². The molecule has 0 saturated carbocycles. The molecule has 0 amide bonds. The van der Waals surface area contributed by atoms with Gasteiger partial charge in [-0.25, -0.2) is 18.4 Å². The highest BCUT2D eigenvalue weighted by molar-refractivity contribution is 7.90. The molecule has 2 rings (SSSR count). The fraction of sp³-hybridized carbons (Fsp3) is 0.556. The van der Waals surface area contributed by atoms with Crippen molar-refractivity contribution < 1.29 is 8.42 Å². The van der Waals surface area contributed by atoms with Crippen molar-refractivity contribution in [2.24, 2.45) is 0 Å². The van der Waals surface area contributed by atoms with E-state index in [1.165, 1.54) is 6.20 Å². The van der Waals surface area contributed by atoms with Crippen LogP contribution in [0.4, 0.5) is 5.82 Å². The minimum absolute atomic E-state index is 0.174. The zero-order valence-electron chi connectivity index (χ0n) is 8.97. The molecule has 0 aliphatic carbocycles. The molecule has 1 saturated heterocycles. The number of nitrogens with one attached hydrogen (secondary N) is 1. The van der Waals surface area contributed by atoms with E-state index in [1.807, 2.05) is 4.90 Å². The Labute approximate surface area is 94.6 Å². The number of aromatic nitrogens is 2. The third-order valence-corrected chi connectivity index (χ3v) is 3.52. The fourth-order valence-electron chi connectivity index (χ4n) is 1.64. The van der Waals surface area contributed by atoms with Crippen LogP contribution in [0.25, 0.3) is 0 Å². The average molecular weight is 241 g/mol. The molecule has 1 aromatic rings. The summed E-state index contributed by atoms with van der Waals surface area (Å²) >= 11 is 0. The van der Waals surface area contributed by atoms with Crippen molar-refractivity contribution in [1.29, 1.82) is 0 Å². The molecule has 6 nitrogen and oxygen atoms in total. The van der Waals surface area contributed by atoms with Gasteiger partial charge in [-0.2, -0.15) is 0 Å². The Morgan fingerprint density at radius 2 is 2.12 bits per heavy atom. The molecule has 0 aromatic carbocycles. The van der Waals surface area contributed by atoms with E-state index in [0.717, 1.165) is 32.4 Å². The Kier molecular flexibility index (Phi) is 3.06. The standard InChI is InChI=1S/C9H13N4O2S/c1-16(14,15)8-6-11-7-12-9(8)13-4-2-10-3-5-13/h6,10H,2-5H2,1H3. The van der Waals surface area contributed by atoms with E-state index in [2.05, 4.69) is 21.6 Å². The first-order valence-corrected chi connectivity index (χ1v) is 6.87. The van der Waals surface area contributed by atoms with E-state index < -0.39 is 9.84 Å². The van der Waals surface area contributed by atoms with Crippen LogP contribution in [0, 0.1) is 6.33 Å². The van der Waals surface area contributed by atoms with Gasteiger partial charge < -0.3 is 10.2 Å². The number of hydrogen-bond acceptors (Lipinski definition) is 6. The molecule has 0 bridgehead atoms. The molecule has 1 radical (unpaired) electrons. The molecule has 1 fully saturated rings. The lowest BCUT2D eigenvalue weighted by Crippen LogP contribution is -2.44. The number of nitrogens with zero attached hydrogens (tertiary/aromatic N) is 3. The molecule has 16 heavy (non-hydrogen) atoms. The van der Waals surface area contributed by atoms with Gasteiger partial charge in [0.25, 0.3) is 0 Å². The van der Waals surface area contributed by atoms with Gasteiger partial charge in [-0.15, -0.1) is 0 Å². The van der Waals surface area contributed by atoms with Crippen LogP contribution in [0.15, 0.2) is 11.1 Å². The van der Waals surface area contributed by atoms with Crippen LogP contribution in [0.5, 0.6) is 0 Å². The fourth-order valence-corrected chi connectivity index (χ4v) is 2.39. The molecule has 0 spiro atoms. The lowest BCUT2D eigenvalue weighted by atomic mass is 10.3. The third-order valence-electron chi connectivity index (χ3n) is 2.43. The van der Waals surface area contributed by atoms with Crippen molar-refractivity contribution in [1.82, 2.24) is 15.3 Å². The monoisotopic (exact) mass is 241 g/mol. The molecular formula is C9H13N4O2S. The molecule has 0 atom stereocenters. The molecule has 7 heteroatoms. The Balaban J connectivity index is 2.40. The number of sulfone groups is 1. The first kappa shape index (κ1) is 11.3. The SMILES string of the molecule is CS(=O)(=O)c1cn[c]nc1N1CCNCC1. The minimum atomic E-state index is -3.29. The summed E-state index contributed by atoms with van der Waals surface area (Å²) in [4.78, 5) is 9.71. The van der Waals surface area contributed by atoms with Crippen molar-refractivity contribution in [3.8, 4) is 0 Å². The van der Waals surface area contributed by atoms with Crippen LogP contribution in [0.1, 0.15) is 0 Å². The van der Waals surface area contributed by atoms with Crippen molar-refractivity contribution in [2.75, 3.05) is 37.3 Å². The van der Waals surface area contributed by atoms with E-state index in [1.54, 1.807) is 0 Å². The Hall–Kier alpha value is -1.21. The van der Waals surface area contributed by atoms with E-state index in [-0.39, 0.29) is 4.90 Å². The number of piperazine rings is 1. The Bertz CT molecular complexity index is 468. The van der Waals surface area contributed by atoms with Crippen molar-refractivity contribution in [3.63, 3.8) is 0 Å². The second-order valence-electron chi connectivity index (χ2n) is 3.67. The topological polar surface area (TPSA) is 75.2 Å². The maximum Gasteiger partial charge on any atom is 0.199 e. The van der Waals surface area contributed by atoms with E-state index in [9.17, 15) is 8.42 Å². The summed E-state index contributed by atoms with van der Waals surface area (Å²) in [6.07, 6.45) is 4.91. The molecule has 1 aromatic heterocycles. The molecule has 1 N–H and O–H groups in total. The van der Waals surface area contributed by atoms with Crippen LogP contribution >= 0.6 is 0 Å². The zero-order valence-corrected chi connectivity index (χ0v) is 9.79. The first-order chi connectivity index (χ1) is 7.59. The summed E-state index contributed by atoms with van der Waals surface area (Å²) in [7, 11) is -3.29. The lowest BCUT2D eigenvalue weighted by molar-refractivity contribution is 0.575. The van der Waals surface area contributed by atoms with Gasteiger partial charge in [-0.1, -0.05) is 0 Å². The van der Waals surface area contributed by atoms with Crippen LogP contribution in [0.3, 0.4) is 0 Å². The second kappa shape index (κ2) is 4.34. The maximum absolute atomic E-state index is 11.6. The predicted octanol–water partition coefficient (Wildman–Crippen LogP) is -0.910. The van der Waals surface area contributed by atoms with Gasteiger partial charge in [0.05, 0.1) is 6.20 Å². The van der Waals surface area contributed by atoms with Crippen LogP contribution in [-0.2, 0) is 9.84 Å². The Morgan fingerprint density at radius 3 is 2.75 bits per heavy atom. The number of hydrogen-bond donors (Lipinski definition) is 1. The third kappa shape index (κ3) is 2.30. The first-order valence-electron chi connectivity index (χ1n) is 4.98. The molecule has 87 valence electrons. The highest BCUT2D eigenvalue weighted by atomic mass is 32.2. The van der Waals surface area contributed by atoms with E-state index >= 15 is 0 Å². The van der Waals surface area contributed by atoms with Gasteiger partial charge in [-0.05, 0) is 0 Å². The summed E-state index contributed by atoms with van der Waals surface area (Å²) < 4.78 is 23.1. The van der Waals surface area contributed by atoms with Gasteiger partial charge in [0, 0.05) is 32.4 Å². The van der Waals surface area contributed by atoms with Gasteiger partial charge in [0.1, 0.15) is 4.90 Å². The predicted molar refractivity (Wildman–Crippen MR) is 59.1 cm³/mol. The van der Waals surface area contributed by atoms with Crippen LogP contribution in [-0.4, -0.2) is 50.8 Å². The highest BCUT2D eigenvalue weighted by Gasteiger charge is 2.21. The van der Waals surface area contributed by atoms with Crippen LogP contribution in [0.2, 0.25) is 0 Å². The summed E-state index contributed by atoms with van der Waals surface area (Å²) in [5, 5.41) is 3.20.